The maximum atomic E-state index is 9.50. The normalized spacial score (nSPS) is 23.5. The molecule has 0 bridgehead atoms. The van der Waals surface area contributed by atoms with Crippen LogP contribution in [0.3, 0.4) is 0 Å². The number of piperidine rings is 1. The summed E-state index contributed by atoms with van der Waals surface area (Å²) in [6.45, 7) is 10.7. The number of nitrogens with zero attached hydrogens (tertiary/aromatic N) is 3. The lowest BCUT2D eigenvalue weighted by Gasteiger charge is -2.58. The zero-order valence-electron chi connectivity index (χ0n) is 18.4. The lowest BCUT2D eigenvalue weighted by molar-refractivity contribution is -0.110. The molecule has 4 rings (SSSR count). The summed E-state index contributed by atoms with van der Waals surface area (Å²) in [5.74, 6) is 2.36. The molecule has 1 atom stereocenters. The predicted molar refractivity (Wildman–Crippen MR) is 114 cm³/mol. The molecule has 1 aromatic rings. The predicted octanol–water partition coefficient (Wildman–Crippen LogP) is 5.34. The Morgan fingerprint density at radius 3 is 2.14 bits per heavy atom. The number of rotatable bonds is 5. The van der Waals surface area contributed by atoms with Gasteiger partial charge in [-0.3, -0.25) is 0 Å². The van der Waals surface area contributed by atoms with Crippen molar-refractivity contribution in [1.29, 1.82) is 0 Å². The highest BCUT2D eigenvalue weighted by Gasteiger charge is 2.50. The van der Waals surface area contributed by atoms with E-state index >= 15 is 0 Å². The van der Waals surface area contributed by atoms with E-state index in [-0.39, 0.29) is 5.92 Å². The van der Waals surface area contributed by atoms with Gasteiger partial charge in [-0.1, -0.05) is 34.1 Å². The van der Waals surface area contributed by atoms with E-state index in [1.54, 1.807) is 0 Å². The second kappa shape index (κ2) is 9.47. The Bertz CT molecular complexity index is 607. The Balaban J connectivity index is 0.000000403. The standard InChI is InChI=1S/C20H31N3.C4H8O/c1-3-15(2)19-21-13-17(14-22-19)16-5-9-23(10-6-16)18-11-20(12-18)7-4-8-20;1-4(2)3-5/h13-16,18H,3-12H2,1-2H3;3-4H,1-2H3. The summed E-state index contributed by atoms with van der Waals surface area (Å²) < 4.78 is 0. The van der Waals surface area contributed by atoms with Gasteiger partial charge < -0.3 is 9.69 Å². The number of carbonyl (C=O) groups excluding carboxylic acids is 1. The molecule has 3 fully saturated rings. The van der Waals surface area contributed by atoms with Crippen LogP contribution in [0.4, 0.5) is 0 Å². The number of aldehydes is 1. The minimum atomic E-state index is 0.204. The average Bonchev–Trinajstić information content (AvgIpc) is 2.66. The molecule has 1 saturated heterocycles. The SMILES string of the molecule is CC(C)C=O.CCC(C)c1ncc(C2CCN(C3CC4(CCC4)C3)CC2)cn1. The lowest BCUT2D eigenvalue weighted by atomic mass is 9.53. The van der Waals surface area contributed by atoms with Gasteiger partial charge in [-0.25, -0.2) is 9.97 Å². The van der Waals surface area contributed by atoms with Crippen LogP contribution in [0.1, 0.15) is 102 Å². The van der Waals surface area contributed by atoms with E-state index in [9.17, 15) is 4.79 Å². The smallest absolute Gasteiger partial charge is 0.131 e. The molecular formula is C24H39N3O. The molecule has 1 aromatic heterocycles. The van der Waals surface area contributed by atoms with Crippen molar-refractivity contribution in [2.45, 2.75) is 96.9 Å². The van der Waals surface area contributed by atoms with Gasteiger partial charge in [0.15, 0.2) is 0 Å². The Kier molecular flexibility index (Phi) is 7.25. The van der Waals surface area contributed by atoms with Crippen LogP contribution in [0.25, 0.3) is 0 Å². The van der Waals surface area contributed by atoms with Crippen molar-refractivity contribution in [1.82, 2.24) is 14.9 Å². The molecule has 4 nitrogen and oxygen atoms in total. The van der Waals surface area contributed by atoms with E-state index in [0.717, 1.165) is 30.0 Å². The summed E-state index contributed by atoms with van der Waals surface area (Å²) in [4.78, 5) is 21.5. The van der Waals surface area contributed by atoms with Crippen LogP contribution in [0.2, 0.25) is 0 Å². The Morgan fingerprint density at radius 2 is 1.71 bits per heavy atom. The van der Waals surface area contributed by atoms with Crippen molar-refractivity contribution < 1.29 is 4.79 Å². The van der Waals surface area contributed by atoms with Gasteiger partial charge >= 0.3 is 0 Å². The van der Waals surface area contributed by atoms with Crippen LogP contribution >= 0.6 is 0 Å². The van der Waals surface area contributed by atoms with Crippen LogP contribution in [-0.4, -0.2) is 40.3 Å². The monoisotopic (exact) mass is 385 g/mol. The minimum absolute atomic E-state index is 0.204. The quantitative estimate of drug-likeness (QED) is 0.642. The summed E-state index contributed by atoms with van der Waals surface area (Å²) in [6, 6.07) is 0.903. The molecule has 1 unspecified atom stereocenters. The van der Waals surface area contributed by atoms with E-state index in [4.69, 9.17) is 0 Å². The van der Waals surface area contributed by atoms with Gasteiger partial charge in [0.2, 0.25) is 0 Å². The number of likely N-dealkylation sites (tertiary alicyclic amines) is 1. The van der Waals surface area contributed by atoms with Gasteiger partial charge in [-0.2, -0.15) is 0 Å². The van der Waals surface area contributed by atoms with Crippen LogP contribution in [0.5, 0.6) is 0 Å². The summed E-state index contributed by atoms with van der Waals surface area (Å²) >= 11 is 0. The first-order valence-electron chi connectivity index (χ1n) is 11.5. The molecule has 0 amide bonds. The summed E-state index contributed by atoms with van der Waals surface area (Å²) in [5.41, 5.74) is 2.17. The minimum Gasteiger partial charge on any atom is -0.303 e. The summed E-state index contributed by atoms with van der Waals surface area (Å²) in [6.07, 6.45) is 16.3. The van der Waals surface area contributed by atoms with E-state index in [0.29, 0.717) is 11.8 Å². The van der Waals surface area contributed by atoms with Crippen LogP contribution in [0, 0.1) is 11.3 Å². The number of hydrogen-bond acceptors (Lipinski definition) is 4. The Morgan fingerprint density at radius 1 is 1.14 bits per heavy atom. The molecule has 156 valence electrons. The molecule has 1 aliphatic heterocycles. The zero-order chi connectivity index (χ0) is 20.1. The van der Waals surface area contributed by atoms with Crippen molar-refractivity contribution in [2.75, 3.05) is 13.1 Å². The fourth-order valence-corrected chi connectivity index (χ4v) is 4.88. The van der Waals surface area contributed by atoms with Crippen LogP contribution in [-0.2, 0) is 4.79 Å². The molecule has 2 heterocycles. The van der Waals surface area contributed by atoms with Crippen molar-refractivity contribution in [2.24, 2.45) is 11.3 Å². The molecule has 1 spiro atoms. The first-order chi connectivity index (χ1) is 13.5. The maximum absolute atomic E-state index is 9.50. The maximum Gasteiger partial charge on any atom is 0.131 e. The number of hydrogen-bond donors (Lipinski definition) is 0. The van der Waals surface area contributed by atoms with Gasteiger partial charge in [0.25, 0.3) is 0 Å². The third-order valence-electron chi connectivity index (χ3n) is 7.29. The van der Waals surface area contributed by atoms with E-state index in [2.05, 4.69) is 41.1 Å². The molecule has 4 heteroatoms. The number of carbonyl (C=O) groups is 1. The van der Waals surface area contributed by atoms with E-state index < -0.39 is 0 Å². The first-order valence-corrected chi connectivity index (χ1v) is 11.5. The molecule has 0 radical (unpaired) electrons. The molecule has 0 N–H and O–H groups in total. The van der Waals surface area contributed by atoms with Crippen molar-refractivity contribution in [3.63, 3.8) is 0 Å². The van der Waals surface area contributed by atoms with Gasteiger partial charge in [-0.05, 0) is 74.9 Å². The summed E-state index contributed by atoms with van der Waals surface area (Å²) in [7, 11) is 0. The Labute approximate surface area is 171 Å². The zero-order valence-corrected chi connectivity index (χ0v) is 18.4. The third-order valence-corrected chi connectivity index (χ3v) is 7.29. The topological polar surface area (TPSA) is 46.1 Å². The van der Waals surface area contributed by atoms with Gasteiger partial charge in [0.05, 0.1) is 0 Å². The van der Waals surface area contributed by atoms with Gasteiger partial charge in [0.1, 0.15) is 12.1 Å². The van der Waals surface area contributed by atoms with Crippen LogP contribution < -0.4 is 0 Å². The largest absolute Gasteiger partial charge is 0.303 e. The molecule has 0 aromatic carbocycles. The second-order valence-electron chi connectivity index (χ2n) is 9.79. The Hall–Kier alpha value is -1.29. The summed E-state index contributed by atoms with van der Waals surface area (Å²) in [5, 5.41) is 0. The molecule has 3 aliphatic rings. The van der Waals surface area contributed by atoms with Gasteiger partial charge in [-0.15, -0.1) is 0 Å². The highest BCUT2D eigenvalue weighted by molar-refractivity contribution is 5.51. The van der Waals surface area contributed by atoms with Gasteiger partial charge in [0, 0.05) is 30.3 Å². The van der Waals surface area contributed by atoms with Crippen molar-refractivity contribution >= 4 is 6.29 Å². The highest BCUT2D eigenvalue weighted by atomic mass is 16.1. The van der Waals surface area contributed by atoms with E-state index in [1.165, 1.54) is 63.6 Å². The lowest BCUT2D eigenvalue weighted by Crippen LogP contribution is -2.55. The second-order valence-corrected chi connectivity index (χ2v) is 9.79. The van der Waals surface area contributed by atoms with Crippen molar-refractivity contribution in [3.05, 3.63) is 23.8 Å². The molecule has 2 saturated carbocycles. The first kappa shape index (κ1) is 21.4. The fourth-order valence-electron chi connectivity index (χ4n) is 4.88. The molecule has 28 heavy (non-hydrogen) atoms. The van der Waals surface area contributed by atoms with Crippen molar-refractivity contribution in [3.8, 4) is 0 Å². The third kappa shape index (κ3) is 5.00. The van der Waals surface area contributed by atoms with Crippen LogP contribution in [0.15, 0.2) is 12.4 Å². The molecule has 2 aliphatic carbocycles. The average molecular weight is 386 g/mol. The van der Waals surface area contributed by atoms with E-state index in [1.807, 2.05) is 13.8 Å². The number of aromatic nitrogens is 2. The fraction of sp³-hybridized carbons (Fsp3) is 0.792. The molecular weight excluding hydrogens is 346 g/mol. The highest BCUT2D eigenvalue weighted by Crippen LogP contribution is 2.57.